The number of nitrogens with one attached hydrogen (secondary N) is 1. The largest absolute Gasteiger partial charge is 0.308 e. The van der Waals surface area contributed by atoms with E-state index in [1.54, 1.807) is 11.6 Å². The Bertz CT molecular complexity index is 608. The maximum absolute atomic E-state index is 13.6. The van der Waals surface area contributed by atoms with Crippen molar-refractivity contribution in [3.05, 3.63) is 51.0 Å². The number of rotatable bonds is 4. The molecule has 0 saturated heterocycles. The Balaban J connectivity index is 2.04. The molecule has 19 heavy (non-hydrogen) atoms. The molecule has 1 heterocycles. The van der Waals surface area contributed by atoms with E-state index in [1.165, 1.54) is 11.3 Å². The van der Waals surface area contributed by atoms with Gasteiger partial charge in [-0.15, -0.1) is 11.3 Å². The molecule has 0 spiro atoms. The number of benzene rings is 1. The van der Waals surface area contributed by atoms with Crippen LogP contribution in [-0.2, 0) is 13.1 Å². The van der Waals surface area contributed by atoms with E-state index in [0.717, 1.165) is 22.7 Å². The summed E-state index contributed by atoms with van der Waals surface area (Å²) in [5, 5.41) is 11.6. The van der Waals surface area contributed by atoms with Gasteiger partial charge in [-0.2, -0.15) is 5.26 Å². The van der Waals surface area contributed by atoms with Crippen molar-refractivity contribution in [1.29, 1.82) is 5.26 Å². The maximum atomic E-state index is 13.6. The molecule has 0 radical (unpaired) electrons. The second-order valence-electron chi connectivity index (χ2n) is 3.99. The molecule has 3 nitrogen and oxygen atoms in total. The average molecular weight is 279 g/mol. The molecule has 6 heteroatoms. The fraction of sp³-hybridized carbons (Fsp3) is 0.231. The smallest absolute Gasteiger partial charge is 0.131 e. The van der Waals surface area contributed by atoms with Crippen LogP contribution >= 0.6 is 11.3 Å². The van der Waals surface area contributed by atoms with E-state index in [1.807, 2.05) is 6.92 Å². The first-order chi connectivity index (χ1) is 9.11. The summed E-state index contributed by atoms with van der Waals surface area (Å²) >= 11 is 1.49. The zero-order valence-corrected chi connectivity index (χ0v) is 11.0. The number of hydrogen-bond donors (Lipinski definition) is 1. The summed E-state index contributed by atoms with van der Waals surface area (Å²) in [5.41, 5.74) is 2.58. The third-order valence-corrected chi connectivity index (χ3v) is 3.64. The summed E-state index contributed by atoms with van der Waals surface area (Å²) < 4.78 is 27.2. The van der Waals surface area contributed by atoms with E-state index in [-0.39, 0.29) is 17.7 Å². The number of hydrogen-bond acceptors (Lipinski definition) is 4. The minimum absolute atomic E-state index is 0.0166. The number of nitrogens with zero attached hydrogens (tertiary/aromatic N) is 2. The number of halogens is 2. The van der Waals surface area contributed by atoms with Gasteiger partial charge in [-0.1, -0.05) is 0 Å². The zero-order valence-electron chi connectivity index (χ0n) is 10.2. The highest BCUT2D eigenvalue weighted by molar-refractivity contribution is 7.09. The molecule has 1 aromatic heterocycles. The second kappa shape index (κ2) is 5.87. The summed E-state index contributed by atoms with van der Waals surface area (Å²) in [5.74, 6) is -1.41. The van der Waals surface area contributed by atoms with E-state index in [0.29, 0.717) is 6.54 Å². The molecule has 1 aromatic carbocycles. The lowest BCUT2D eigenvalue weighted by Gasteiger charge is -2.07. The van der Waals surface area contributed by atoms with Crippen LogP contribution in [0.15, 0.2) is 17.6 Å². The van der Waals surface area contributed by atoms with Gasteiger partial charge in [0.1, 0.15) is 11.6 Å². The Kier molecular flexibility index (Phi) is 4.20. The summed E-state index contributed by atoms with van der Waals surface area (Å²) in [6, 6.07) is 3.79. The Morgan fingerprint density at radius 2 is 2.00 bits per heavy atom. The molecule has 0 fully saturated rings. The molecular weight excluding hydrogens is 268 g/mol. The van der Waals surface area contributed by atoms with Crippen LogP contribution in [0.25, 0.3) is 0 Å². The third kappa shape index (κ3) is 3.13. The fourth-order valence-electron chi connectivity index (χ4n) is 1.63. The Morgan fingerprint density at radius 3 is 2.53 bits per heavy atom. The molecule has 0 amide bonds. The molecule has 0 aliphatic carbocycles. The quantitative estimate of drug-likeness (QED) is 0.936. The van der Waals surface area contributed by atoms with Gasteiger partial charge in [0.05, 0.1) is 22.8 Å². The highest BCUT2D eigenvalue weighted by atomic mass is 32.1. The van der Waals surface area contributed by atoms with E-state index >= 15 is 0 Å². The van der Waals surface area contributed by atoms with Crippen LogP contribution in [0.2, 0.25) is 0 Å². The number of aromatic nitrogens is 1. The highest BCUT2D eigenvalue weighted by Crippen LogP contribution is 2.16. The molecule has 0 bridgehead atoms. The van der Waals surface area contributed by atoms with Crippen molar-refractivity contribution in [2.24, 2.45) is 0 Å². The van der Waals surface area contributed by atoms with Gasteiger partial charge in [0.25, 0.3) is 0 Å². The van der Waals surface area contributed by atoms with Crippen molar-refractivity contribution in [1.82, 2.24) is 10.3 Å². The van der Waals surface area contributed by atoms with Crippen LogP contribution in [0.3, 0.4) is 0 Å². The van der Waals surface area contributed by atoms with Crippen LogP contribution in [0.4, 0.5) is 8.78 Å². The SMILES string of the molecule is Cc1ncsc1CNCc1c(F)cc(C#N)cc1F. The van der Waals surface area contributed by atoms with Crippen LogP contribution in [0, 0.1) is 29.9 Å². The first-order valence-electron chi connectivity index (χ1n) is 5.59. The fourth-order valence-corrected chi connectivity index (χ4v) is 2.38. The Morgan fingerprint density at radius 1 is 1.32 bits per heavy atom. The molecule has 2 aromatic rings. The van der Waals surface area contributed by atoms with Crippen molar-refractivity contribution in [2.45, 2.75) is 20.0 Å². The molecule has 0 atom stereocenters. The van der Waals surface area contributed by atoms with Gasteiger partial charge in [-0.25, -0.2) is 13.8 Å². The van der Waals surface area contributed by atoms with E-state index < -0.39 is 11.6 Å². The number of nitriles is 1. The normalized spacial score (nSPS) is 10.4. The molecule has 0 aliphatic heterocycles. The maximum Gasteiger partial charge on any atom is 0.131 e. The van der Waals surface area contributed by atoms with Gasteiger partial charge in [-0.05, 0) is 19.1 Å². The summed E-state index contributed by atoms with van der Waals surface area (Å²) in [7, 11) is 0. The molecular formula is C13H11F2N3S. The van der Waals surface area contributed by atoms with Crippen molar-refractivity contribution in [2.75, 3.05) is 0 Å². The Labute approximate surface area is 113 Å². The summed E-state index contributed by atoms with van der Waals surface area (Å²) in [4.78, 5) is 5.13. The average Bonchev–Trinajstić information content (AvgIpc) is 2.78. The molecule has 0 unspecified atom stereocenters. The van der Waals surface area contributed by atoms with Crippen molar-refractivity contribution >= 4 is 11.3 Å². The zero-order chi connectivity index (χ0) is 13.8. The van der Waals surface area contributed by atoms with Gasteiger partial charge < -0.3 is 5.32 Å². The minimum atomic E-state index is -0.704. The highest BCUT2D eigenvalue weighted by Gasteiger charge is 2.11. The van der Waals surface area contributed by atoms with Crippen LogP contribution in [0.1, 0.15) is 21.7 Å². The second-order valence-corrected chi connectivity index (χ2v) is 4.93. The molecule has 98 valence electrons. The first-order valence-corrected chi connectivity index (χ1v) is 6.47. The van der Waals surface area contributed by atoms with Crippen LogP contribution in [-0.4, -0.2) is 4.98 Å². The lowest BCUT2D eigenvalue weighted by molar-refractivity contribution is 0.535. The Hall–Kier alpha value is -1.84. The standard InChI is InChI=1S/C13H11F2N3S/c1-8-13(19-7-18-8)6-17-5-10-11(14)2-9(4-16)3-12(10)15/h2-3,7,17H,5-6H2,1H3. The van der Waals surface area contributed by atoms with Crippen molar-refractivity contribution < 1.29 is 8.78 Å². The molecule has 1 N–H and O–H groups in total. The minimum Gasteiger partial charge on any atom is -0.308 e. The van der Waals surface area contributed by atoms with Crippen LogP contribution in [0.5, 0.6) is 0 Å². The van der Waals surface area contributed by atoms with Crippen molar-refractivity contribution in [3.8, 4) is 6.07 Å². The van der Waals surface area contributed by atoms with Gasteiger partial charge in [-0.3, -0.25) is 0 Å². The van der Waals surface area contributed by atoms with E-state index in [9.17, 15) is 8.78 Å². The van der Waals surface area contributed by atoms with E-state index in [2.05, 4.69) is 10.3 Å². The van der Waals surface area contributed by atoms with Gasteiger partial charge in [0.2, 0.25) is 0 Å². The van der Waals surface area contributed by atoms with Gasteiger partial charge in [0.15, 0.2) is 0 Å². The monoisotopic (exact) mass is 279 g/mol. The van der Waals surface area contributed by atoms with Crippen LogP contribution < -0.4 is 5.32 Å². The lowest BCUT2D eigenvalue weighted by Crippen LogP contribution is -2.15. The summed E-state index contributed by atoms with van der Waals surface area (Å²) in [6.45, 7) is 2.46. The van der Waals surface area contributed by atoms with Gasteiger partial charge in [0, 0.05) is 23.5 Å². The van der Waals surface area contributed by atoms with E-state index in [4.69, 9.17) is 5.26 Å². The summed E-state index contributed by atoms with van der Waals surface area (Å²) in [6.07, 6.45) is 0. The third-order valence-electron chi connectivity index (χ3n) is 2.70. The first kappa shape index (κ1) is 13.6. The molecule has 2 rings (SSSR count). The van der Waals surface area contributed by atoms with Gasteiger partial charge >= 0.3 is 0 Å². The number of aryl methyl sites for hydroxylation is 1. The predicted molar refractivity (Wildman–Crippen MR) is 68.5 cm³/mol. The van der Waals surface area contributed by atoms with Crippen molar-refractivity contribution in [3.63, 3.8) is 0 Å². The lowest BCUT2D eigenvalue weighted by atomic mass is 10.1. The number of thiazole rings is 1. The topological polar surface area (TPSA) is 48.7 Å². The predicted octanol–water partition coefficient (Wildman–Crippen LogP) is 2.89. The molecule has 0 aliphatic rings. The molecule has 0 saturated carbocycles.